The number of benzene rings is 1. The van der Waals surface area contributed by atoms with Gasteiger partial charge < -0.3 is 5.32 Å². The van der Waals surface area contributed by atoms with Gasteiger partial charge in [0.25, 0.3) is 0 Å². The minimum Gasteiger partial charge on any atom is -0.301 e. The Balaban J connectivity index is 1.34. The highest BCUT2D eigenvalue weighted by molar-refractivity contribution is 9.10. The fourth-order valence-corrected chi connectivity index (χ4v) is 6.62. The molecule has 5 nitrogen and oxygen atoms in total. The first-order valence-corrected chi connectivity index (χ1v) is 13.0. The van der Waals surface area contributed by atoms with E-state index in [0.717, 1.165) is 49.4 Å². The number of rotatable bonds is 5. The third-order valence-electron chi connectivity index (χ3n) is 4.92. The van der Waals surface area contributed by atoms with Crippen molar-refractivity contribution in [2.75, 3.05) is 11.1 Å². The lowest BCUT2D eigenvalue weighted by molar-refractivity contribution is -0.113. The number of hydrogen-bond donors (Lipinski definition) is 1. The molecular formula is C21H17BrN4OS3. The summed E-state index contributed by atoms with van der Waals surface area (Å²) in [6, 6.07) is 8.20. The Labute approximate surface area is 194 Å². The van der Waals surface area contributed by atoms with Gasteiger partial charge in [-0.2, -0.15) is 0 Å². The predicted molar refractivity (Wildman–Crippen MR) is 129 cm³/mol. The maximum Gasteiger partial charge on any atom is 0.236 e. The number of thiazole rings is 1. The van der Waals surface area contributed by atoms with Crippen molar-refractivity contribution < 1.29 is 4.79 Å². The molecule has 0 aliphatic heterocycles. The number of nitrogens with zero attached hydrogens (tertiary/aromatic N) is 3. The van der Waals surface area contributed by atoms with E-state index >= 15 is 0 Å². The first-order valence-electron chi connectivity index (χ1n) is 9.57. The number of carbonyl (C=O) groups is 1. The average Bonchev–Trinajstić information content (AvgIpc) is 3.36. The van der Waals surface area contributed by atoms with Gasteiger partial charge in [0.15, 0.2) is 5.13 Å². The van der Waals surface area contributed by atoms with Crippen LogP contribution >= 0.6 is 50.4 Å². The monoisotopic (exact) mass is 516 g/mol. The molecule has 1 amide bonds. The lowest BCUT2D eigenvalue weighted by Gasteiger charge is -2.06. The van der Waals surface area contributed by atoms with Gasteiger partial charge in [0, 0.05) is 20.3 Å². The Morgan fingerprint density at radius 2 is 2.00 bits per heavy atom. The smallest absolute Gasteiger partial charge is 0.236 e. The number of aryl methyl sites for hydroxylation is 2. The molecule has 0 saturated carbocycles. The summed E-state index contributed by atoms with van der Waals surface area (Å²) in [5.74, 6) is 0.227. The summed E-state index contributed by atoms with van der Waals surface area (Å²) in [4.78, 5) is 28.3. The lowest BCUT2D eigenvalue weighted by atomic mass is 10.0. The molecule has 0 bridgehead atoms. The van der Waals surface area contributed by atoms with Crippen LogP contribution < -0.4 is 5.32 Å². The number of thioether (sulfide) groups is 1. The molecule has 1 aliphatic rings. The molecule has 3 heterocycles. The second-order valence-corrected chi connectivity index (χ2v) is 10.8. The summed E-state index contributed by atoms with van der Waals surface area (Å²) in [6.07, 6.45) is 6.06. The van der Waals surface area contributed by atoms with Crippen LogP contribution in [0, 0.1) is 0 Å². The van der Waals surface area contributed by atoms with E-state index in [1.165, 1.54) is 29.5 Å². The number of hydrogen-bond acceptors (Lipinski definition) is 7. The van der Waals surface area contributed by atoms with E-state index in [1.807, 2.05) is 12.1 Å². The van der Waals surface area contributed by atoms with Crippen molar-refractivity contribution in [1.29, 1.82) is 0 Å². The van der Waals surface area contributed by atoms with Gasteiger partial charge in [-0.15, -0.1) is 22.7 Å². The summed E-state index contributed by atoms with van der Waals surface area (Å²) in [6.45, 7) is 0. The molecule has 30 heavy (non-hydrogen) atoms. The summed E-state index contributed by atoms with van der Waals surface area (Å²) in [7, 11) is 0. The Morgan fingerprint density at radius 1 is 1.17 bits per heavy atom. The molecule has 152 valence electrons. The molecule has 3 aromatic heterocycles. The largest absolute Gasteiger partial charge is 0.301 e. The Kier molecular flexibility index (Phi) is 5.86. The van der Waals surface area contributed by atoms with Crippen LogP contribution in [0.2, 0.25) is 0 Å². The predicted octanol–water partition coefficient (Wildman–Crippen LogP) is 6.19. The van der Waals surface area contributed by atoms with Crippen molar-refractivity contribution in [2.45, 2.75) is 30.7 Å². The highest BCUT2D eigenvalue weighted by Crippen LogP contribution is 2.38. The van der Waals surface area contributed by atoms with Crippen LogP contribution in [-0.2, 0) is 17.6 Å². The van der Waals surface area contributed by atoms with E-state index in [2.05, 4.69) is 53.7 Å². The van der Waals surface area contributed by atoms with Crippen LogP contribution in [0.1, 0.15) is 23.4 Å². The third-order valence-corrected chi connectivity index (χ3v) is 8.40. The molecule has 0 radical (unpaired) electrons. The van der Waals surface area contributed by atoms with Gasteiger partial charge in [0.1, 0.15) is 16.2 Å². The molecular weight excluding hydrogens is 500 g/mol. The van der Waals surface area contributed by atoms with Gasteiger partial charge in [-0.3, -0.25) is 4.79 Å². The number of thiophene rings is 1. The van der Waals surface area contributed by atoms with Crippen LogP contribution in [0.5, 0.6) is 0 Å². The van der Waals surface area contributed by atoms with Crippen molar-refractivity contribution in [3.63, 3.8) is 0 Å². The molecule has 0 saturated heterocycles. The summed E-state index contributed by atoms with van der Waals surface area (Å²) < 4.78 is 1.04. The molecule has 1 N–H and O–H groups in total. The van der Waals surface area contributed by atoms with Crippen LogP contribution in [0.4, 0.5) is 5.13 Å². The van der Waals surface area contributed by atoms with Crippen LogP contribution in [-0.4, -0.2) is 26.6 Å². The maximum absolute atomic E-state index is 12.6. The zero-order valence-corrected chi connectivity index (χ0v) is 19.9. The number of anilines is 1. The molecule has 0 atom stereocenters. The van der Waals surface area contributed by atoms with Gasteiger partial charge in [-0.25, -0.2) is 15.0 Å². The Morgan fingerprint density at radius 3 is 2.83 bits per heavy atom. The molecule has 0 spiro atoms. The fourth-order valence-electron chi connectivity index (χ4n) is 3.49. The van der Waals surface area contributed by atoms with Crippen LogP contribution in [0.3, 0.4) is 0 Å². The van der Waals surface area contributed by atoms with E-state index in [9.17, 15) is 4.79 Å². The van der Waals surface area contributed by atoms with Crippen LogP contribution in [0.15, 0.2) is 45.5 Å². The van der Waals surface area contributed by atoms with Gasteiger partial charge >= 0.3 is 0 Å². The third kappa shape index (κ3) is 4.16. The molecule has 0 unspecified atom stereocenters. The minimum atomic E-state index is -0.0571. The first kappa shape index (κ1) is 20.1. The molecule has 4 aromatic rings. The zero-order chi connectivity index (χ0) is 20.5. The van der Waals surface area contributed by atoms with E-state index in [-0.39, 0.29) is 11.7 Å². The number of carbonyl (C=O) groups excluding carboxylic acids is 1. The molecule has 5 rings (SSSR count). The second kappa shape index (κ2) is 8.74. The van der Waals surface area contributed by atoms with Gasteiger partial charge in [0.2, 0.25) is 5.91 Å². The standard InChI is InChI=1S/C21H17BrN4OS3/c22-13-7-5-12(6-8-13)14-9-28-19-18(14)20(24-11-23-19)29-10-17(27)26-21-25-15-3-1-2-4-16(15)30-21/h5-9,11H,1-4,10H2,(H,25,26,27). The normalized spacial score (nSPS) is 13.4. The van der Waals surface area contributed by atoms with Crippen molar-refractivity contribution in [3.05, 3.63) is 51.0 Å². The van der Waals surface area contributed by atoms with E-state index in [4.69, 9.17) is 0 Å². The molecule has 1 aliphatic carbocycles. The van der Waals surface area contributed by atoms with E-state index in [0.29, 0.717) is 5.13 Å². The Hall–Kier alpha value is -1.81. The van der Waals surface area contributed by atoms with Gasteiger partial charge in [-0.1, -0.05) is 39.8 Å². The number of amides is 1. The fraction of sp³-hybridized carbons (Fsp3) is 0.238. The van der Waals surface area contributed by atoms with Crippen LogP contribution in [0.25, 0.3) is 21.3 Å². The maximum atomic E-state index is 12.6. The highest BCUT2D eigenvalue weighted by atomic mass is 79.9. The number of aromatic nitrogens is 3. The SMILES string of the molecule is O=C(CSc1ncnc2scc(-c3ccc(Br)cc3)c12)Nc1nc2c(s1)CCCC2. The van der Waals surface area contributed by atoms with E-state index in [1.54, 1.807) is 29.0 Å². The average molecular weight is 517 g/mol. The first-order chi connectivity index (χ1) is 14.7. The lowest BCUT2D eigenvalue weighted by Crippen LogP contribution is -2.14. The van der Waals surface area contributed by atoms with Crippen molar-refractivity contribution >= 4 is 71.6 Å². The van der Waals surface area contributed by atoms with Gasteiger partial charge in [-0.05, 0) is 43.4 Å². The van der Waals surface area contributed by atoms with Crippen molar-refractivity contribution in [1.82, 2.24) is 15.0 Å². The number of fused-ring (bicyclic) bond motifs is 2. The topological polar surface area (TPSA) is 67.8 Å². The number of halogens is 1. The van der Waals surface area contributed by atoms with Gasteiger partial charge in [0.05, 0.1) is 16.8 Å². The molecule has 9 heteroatoms. The van der Waals surface area contributed by atoms with Crippen molar-refractivity contribution in [3.8, 4) is 11.1 Å². The highest BCUT2D eigenvalue weighted by Gasteiger charge is 2.18. The Bertz CT molecular complexity index is 1200. The molecule has 0 fully saturated rings. The quantitative estimate of drug-likeness (QED) is 0.253. The van der Waals surface area contributed by atoms with Crippen molar-refractivity contribution in [2.24, 2.45) is 0 Å². The summed E-state index contributed by atoms with van der Waals surface area (Å²) in [5, 5.41) is 7.62. The number of nitrogens with one attached hydrogen (secondary N) is 1. The summed E-state index contributed by atoms with van der Waals surface area (Å²) in [5.41, 5.74) is 3.36. The zero-order valence-electron chi connectivity index (χ0n) is 15.9. The second-order valence-electron chi connectivity index (χ2n) is 6.95. The van der Waals surface area contributed by atoms with E-state index < -0.39 is 0 Å². The summed E-state index contributed by atoms with van der Waals surface area (Å²) >= 11 is 8.13. The molecule has 1 aromatic carbocycles. The minimum absolute atomic E-state index is 0.0571.